The molecule has 1 heterocycles. The van der Waals surface area contributed by atoms with Crippen molar-refractivity contribution < 1.29 is 0 Å². The van der Waals surface area contributed by atoms with Crippen LogP contribution in [0.25, 0.3) is 0 Å². The van der Waals surface area contributed by atoms with Crippen LogP contribution in [0.3, 0.4) is 0 Å². The lowest BCUT2D eigenvalue weighted by Gasteiger charge is -2.14. The van der Waals surface area contributed by atoms with Crippen molar-refractivity contribution in [3.8, 4) is 6.07 Å². The maximum Gasteiger partial charge on any atom is 0.139 e. The molecule has 0 aliphatic heterocycles. The van der Waals surface area contributed by atoms with Crippen LogP contribution in [0.4, 0.5) is 17.3 Å². The van der Waals surface area contributed by atoms with Gasteiger partial charge >= 0.3 is 0 Å². The summed E-state index contributed by atoms with van der Waals surface area (Å²) in [4.78, 5) is 8.94. The second-order valence-electron chi connectivity index (χ2n) is 4.49. The summed E-state index contributed by atoms with van der Waals surface area (Å²) in [5.74, 6) is 2.26. The largest absolute Gasteiger partial charge is 0.373 e. The average molecular weight is 346 g/mol. The number of anilines is 3. The van der Waals surface area contributed by atoms with E-state index in [0.29, 0.717) is 11.4 Å². The number of aromatic nitrogens is 2. The maximum atomic E-state index is 9.24. The molecule has 6 heteroatoms. The number of hydrogen-bond donors (Lipinski definition) is 2. The topological polar surface area (TPSA) is 73.6 Å². The van der Waals surface area contributed by atoms with Gasteiger partial charge in [-0.25, -0.2) is 9.97 Å². The third-order valence-corrected chi connectivity index (χ3v) is 3.59. The van der Waals surface area contributed by atoms with Gasteiger partial charge in [0.25, 0.3) is 0 Å². The molecule has 1 aromatic carbocycles. The van der Waals surface area contributed by atoms with Crippen molar-refractivity contribution in [3.63, 3.8) is 0 Å². The van der Waals surface area contributed by atoms with Crippen molar-refractivity contribution in [3.05, 3.63) is 39.6 Å². The Morgan fingerprint density at radius 2 is 2.00 bits per heavy atom. The molecular weight excluding hydrogens is 330 g/mol. The van der Waals surface area contributed by atoms with Crippen LogP contribution in [-0.2, 0) is 6.42 Å². The minimum atomic E-state index is 0.562. The van der Waals surface area contributed by atoms with Gasteiger partial charge in [-0.15, -0.1) is 0 Å². The van der Waals surface area contributed by atoms with Crippen molar-refractivity contribution >= 4 is 33.3 Å². The average Bonchev–Trinajstić information content (AvgIpc) is 2.50. The molecule has 0 saturated carbocycles. The Morgan fingerprint density at radius 1 is 1.29 bits per heavy atom. The summed E-state index contributed by atoms with van der Waals surface area (Å²) in [6.45, 7) is 3.95. The molecule has 0 bridgehead atoms. The van der Waals surface area contributed by atoms with Crippen molar-refractivity contribution in [2.45, 2.75) is 20.3 Å². The summed E-state index contributed by atoms with van der Waals surface area (Å²) < 4.78 is 0.870. The standard InChI is InChI=1S/C15H16BrN5/c1-4-13-20-14(18-3)9(2)15(21-13)19-12-6-5-11(16)7-10(12)8-17/h5-7H,4H2,1-3H3,(H2,18,19,20,21). The second-order valence-corrected chi connectivity index (χ2v) is 5.41. The summed E-state index contributed by atoms with van der Waals surface area (Å²) >= 11 is 3.37. The minimum absolute atomic E-state index is 0.562. The summed E-state index contributed by atoms with van der Waals surface area (Å²) in [5, 5.41) is 15.5. The van der Waals surface area contributed by atoms with E-state index in [2.05, 4.69) is 42.6 Å². The van der Waals surface area contributed by atoms with E-state index in [9.17, 15) is 5.26 Å². The fraction of sp³-hybridized carbons (Fsp3) is 0.267. The first kappa shape index (κ1) is 15.3. The van der Waals surface area contributed by atoms with E-state index in [1.807, 2.05) is 33.0 Å². The van der Waals surface area contributed by atoms with Gasteiger partial charge in [0.1, 0.15) is 23.5 Å². The Labute approximate surface area is 132 Å². The van der Waals surface area contributed by atoms with Crippen molar-refractivity contribution in [1.82, 2.24) is 9.97 Å². The van der Waals surface area contributed by atoms with E-state index < -0.39 is 0 Å². The quantitative estimate of drug-likeness (QED) is 0.882. The molecule has 21 heavy (non-hydrogen) atoms. The van der Waals surface area contributed by atoms with Gasteiger partial charge in [-0.05, 0) is 25.1 Å². The molecule has 0 amide bonds. The van der Waals surface area contributed by atoms with Crippen LogP contribution in [0.15, 0.2) is 22.7 Å². The Hall–Kier alpha value is -2.13. The van der Waals surface area contributed by atoms with Crippen LogP contribution >= 0.6 is 15.9 Å². The van der Waals surface area contributed by atoms with Crippen LogP contribution in [0.2, 0.25) is 0 Å². The first-order valence-corrected chi connectivity index (χ1v) is 7.40. The van der Waals surface area contributed by atoms with Crippen molar-refractivity contribution in [2.24, 2.45) is 0 Å². The highest BCUT2D eigenvalue weighted by molar-refractivity contribution is 9.10. The molecule has 0 unspecified atom stereocenters. The summed E-state index contributed by atoms with van der Waals surface area (Å²) in [7, 11) is 1.83. The minimum Gasteiger partial charge on any atom is -0.373 e. The van der Waals surface area contributed by atoms with Gasteiger partial charge in [-0.2, -0.15) is 5.26 Å². The number of hydrogen-bond acceptors (Lipinski definition) is 5. The lowest BCUT2D eigenvalue weighted by Crippen LogP contribution is -2.07. The fourth-order valence-electron chi connectivity index (χ4n) is 1.93. The lowest BCUT2D eigenvalue weighted by atomic mass is 10.2. The van der Waals surface area contributed by atoms with Gasteiger partial charge in [0.05, 0.1) is 11.3 Å². The van der Waals surface area contributed by atoms with E-state index in [4.69, 9.17) is 0 Å². The zero-order valence-electron chi connectivity index (χ0n) is 12.2. The molecule has 0 radical (unpaired) electrons. The first-order valence-electron chi connectivity index (χ1n) is 6.61. The van der Waals surface area contributed by atoms with Crippen LogP contribution < -0.4 is 10.6 Å². The Morgan fingerprint density at radius 3 is 2.62 bits per heavy atom. The fourth-order valence-corrected chi connectivity index (χ4v) is 2.29. The molecular formula is C15H16BrN5. The van der Waals surface area contributed by atoms with Gasteiger partial charge in [0.2, 0.25) is 0 Å². The SMILES string of the molecule is CCc1nc(NC)c(C)c(Nc2ccc(Br)cc2C#N)n1. The van der Waals surface area contributed by atoms with Gasteiger partial charge in [-0.3, -0.25) is 0 Å². The number of halogens is 1. The molecule has 108 valence electrons. The van der Waals surface area contributed by atoms with Gasteiger partial charge in [0, 0.05) is 23.5 Å². The number of benzene rings is 1. The predicted molar refractivity (Wildman–Crippen MR) is 87.8 cm³/mol. The zero-order chi connectivity index (χ0) is 15.4. The van der Waals surface area contributed by atoms with E-state index in [1.54, 1.807) is 6.07 Å². The van der Waals surface area contributed by atoms with Crippen molar-refractivity contribution in [2.75, 3.05) is 17.7 Å². The molecule has 1 aromatic heterocycles. The Kier molecular flexibility index (Phi) is 4.76. The first-order chi connectivity index (χ1) is 10.1. The smallest absolute Gasteiger partial charge is 0.139 e. The monoisotopic (exact) mass is 345 g/mol. The Bertz CT molecular complexity index is 706. The van der Waals surface area contributed by atoms with Crippen LogP contribution in [0.5, 0.6) is 0 Å². The third kappa shape index (κ3) is 3.31. The molecule has 5 nitrogen and oxygen atoms in total. The number of nitrogens with zero attached hydrogens (tertiary/aromatic N) is 3. The van der Waals surface area contributed by atoms with Crippen molar-refractivity contribution in [1.29, 1.82) is 5.26 Å². The van der Waals surface area contributed by atoms with E-state index in [-0.39, 0.29) is 0 Å². The number of nitrogens with one attached hydrogen (secondary N) is 2. The third-order valence-electron chi connectivity index (χ3n) is 3.10. The molecule has 0 aliphatic rings. The highest BCUT2D eigenvalue weighted by Crippen LogP contribution is 2.27. The van der Waals surface area contributed by atoms with E-state index in [0.717, 1.165) is 33.8 Å². The molecule has 0 aliphatic carbocycles. The van der Waals surface area contributed by atoms with Crippen LogP contribution in [-0.4, -0.2) is 17.0 Å². The molecule has 0 saturated heterocycles. The molecule has 2 aromatic rings. The second kappa shape index (κ2) is 6.55. The van der Waals surface area contributed by atoms with Crippen LogP contribution in [0, 0.1) is 18.3 Å². The van der Waals surface area contributed by atoms with Gasteiger partial charge < -0.3 is 10.6 Å². The number of nitriles is 1. The van der Waals surface area contributed by atoms with Crippen LogP contribution in [0.1, 0.15) is 23.9 Å². The highest BCUT2D eigenvalue weighted by Gasteiger charge is 2.11. The maximum absolute atomic E-state index is 9.24. The number of rotatable bonds is 4. The molecule has 0 spiro atoms. The summed E-state index contributed by atoms with van der Waals surface area (Å²) in [5.41, 5.74) is 2.21. The van der Waals surface area contributed by atoms with E-state index in [1.165, 1.54) is 0 Å². The predicted octanol–water partition coefficient (Wildman–Crippen LogP) is 3.77. The molecule has 2 rings (SSSR count). The van der Waals surface area contributed by atoms with Gasteiger partial charge in [0.15, 0.2) is 0 Å². The summed E-state index contributed by atoms with van der Waals surface area (Å²) in [6.07, 6.45) is 0.745. The molecule has 0 fully saturated rings. The number of aryl methyl sites for hydroxylation is 1. The summed E-state index contributed by atoms with van der Waals surface area (Å²) in [6, 6.07) is 7.70. The highest BCUT2D eigenvalue weighted by atomic mass is 79.9. The zero-order valence-corrected chi connectivity index (χ0v) is 13.7. The van der Waals surface area contributed by atoms with E-state index >= 15 is 0 Å². The normalized spacial score (nSPS) is 10.0. The lowest BCUT2D eigenvalue weighted by molar-refractivity contribution is 0.935. The molecule has 0 atom stereocenters. The van der Waals surface area contributed by atoms with Gasteiger partial charge in [-0.1, -0.05) is 22.9 Å². The Balaban J connectivity index is 2.47. The molecule has 2 N–H and O–H groups in total.